The number of anilines is 1. The first-order valence-electron chi connectivity index (χ1n) is 11.2. The van der Waals surface area contributed by atoms with Gasteiger partial charge in [-0.25, -0.2) is 9.97 Å². The molecule has 5 aromatic rings. The molecule has 34 heavy (non-hydrogen) atoms. The van der Waals surface area contributed by atoms with E-state index in [4.69, 9.17) is 19.6 Å². The molecule has 0 spiro atoms. The predicted octanol–water partition coefficient (Wildman–Crippen LogP) is 4.48. The van der Waals surface area contributed by atoms with E-state index in [2.05, 4.69) is 20.9 Å². The maximum atomic E-state index is 6.12. The molecule has 0 N–H and O–H groups in total. The topological polar surface area (TPSA) is 77.7 Å². The van der Waals surface area contributed by atoms with Crippen LogP contribution in [0, 0.1) is 0 Å². The monoisotopic (exact) mass is 450 g/mol. The van der Waals surface area contributed by atoms with Crippen LogP contribution < -0.4 is 9.64 Å². The van der Waals surface area contributed by atoms with Gasteiger partial charge in [0.2, 0.25) is 5.88 Å². The van der Waals surface area contributed by atoms with Crippen LogP contribution in [-0.2, 0) is 4.74 Å². The van der Waals surface area contributed by atoms with Gasteiger partial charge in [0.1, 0.15) is 11.6 Å². The lowest BCUT2D eigenvalue weighted by Crippen LogP contribution is -2.37. The van der Waals surface area contributed by atoms with Crippen LogP contribution in [0.4, 0.5) is 5.82 Å². The van der Waals surface area contributed by atoms with Crippen molar-refractivity contribution in [1.82, 2.24) is 24.6 Å². The standard InChI is InChI=1S/C26H22N6O2/c1-2-5-20(6-3-1)34-26-21(7-4-10-28-26)23-18-25(31-13-15-33-16-14-31)32-24(29-23)17-22(30-32)19-8-11-27-12-9-19/h1-12,17-18H,13-16H2. The molecular weight excluding hydrogens is 428 g/mol. The van der Waals surface area contributed by atoms with Crippen molar-refractivity contribution in [3.05, 3.63) is 85.3 Å². The molecule has 1 aromatic carbocycles. The predicted molar refractivity (Wildman–Crippen MR) is 129 cm³/mol. The first-order chi connectivity index (χ1) is 16.8. The van der Waals surface area contributed by atoms with Crippen molar-refractivity contribution in [3.63, 3.8) is 0 Å². The number of nitrogens with zero attached hydrogens (tertiary/aromatic N) is 6. The molecule has 4 aromatic heterocycles. The quantitative estimate of drug-likeness (QED) is 0.391. The van der Waals surface area contributed by atoms with E-state index in [-0.39, 0.29) is 0 Å². The third-order valence-corrected chi connectivity index (χ3v) is 5.72. The molecule has 1 aliphatic heterocycles. The van der Waals surface area contributed by atoms with E-state index in [1.807, 2.05) is 65.2 Å². The Kier molecular flexibility index (Phi) is 5.33. The summed E-state index contributed by atoms with van der Waals surface area (Å²) in [5, 5.41) is 4.88. The molecule has 1 aliphatic rings. The van der Waals surface area contributed by atoms with Gasteiger partial charge in [0, 0.05) is 49.4 Å². The molecule has 1 fully saturated rings. The Labute approximate surface area is 196 Å². The Morgan fingerprint density at radius 2 is 1.65 bits per heavy atom. The Morgan fingerprint density at radius 3 is 2.47 bits per heavy atom. The van der Waals surface area contributed by atoms with Gasteiger partial charge >= 0.3 is 0 Å². The number of hydrogen-bond donors (Lipinski definition) is 0. The second-order valence-corrected chi connectivity index (χ2v) is 7.91. The second-order valence-electron chi connectivity index (χ2n) is 7.91. The van der Waals surface area contributed by atoms with Crippen molar-refractivity contribution in [2.24, 2.45) is 0 Å². The van der Waals surface area contributed by atoms with Crippen molar-refractivity contribution in [3.8, 4) is 34.1 Å². The summed E-state index contributed by atoms with van der Waals surface area (Å²) in [4.78, 5) is 15.9. The molecular formula is C26H22N6O2. The van der Waals surface area contributed by atoms with Crippen molar-refractivity contribution < 1.29 is 9.47 Å². The number of rotatable bonds is 5. The molecule has 0 unspecified atom stereocenters. The van der Waals surface area contributed by atoms with Crippen LogP contribution in [0.25, 0.3) is 28.2 Å². The summed E-state index contributed by atoms with van der Waals surface area (Å²) in [5.41, 5.74) is 4.17. The molecule has 0 bridgehead atoms. The molecule has 0 radical (unpaired) electrons. The number of morpholine rings is 1. The van der Waals surface area contributed by atoms with Crippen molar-refractivity contribution in [1.29, 1.82) is 0 Å². The Hall–Kier alpha value is -4.30. The van der Waals surface area contributed by atoms with Crippen LogP contribution in [0.15, 0.2) is 85.3 Å². The minimum atomic E-state index is 0.507. The lowest BCUT2D eigenvalue weighted by Gasteiger charge is -2.29. The Balaban J connectivity index is 1.49. The molecule has 0 atom stereocenters. The van der Waals surface area contributed by atoms with Crippen molar-refractivity contribution in [2.45, 2.75) is 0 Å². The number of para-hydroxylation sites is 1. The fraction of sp³-hybridized carbons (Fsp3) is 0.154. The highest BCUT2D eigenvalue weighted by atomic mass is 16.5. The summed E-state index contributed by atoms with van der Waals surface area (Å²) in [6.07, 6.45) is 5.26. The van der Waals surface area contributed by atoms with Crippen LogP contribution in [0.3, 0.4) is 0 Å². The number of pyridine rings is 2. The Morgan fingerprint density at radius 1 is 0.824 bits per heavy atom. The van der Waals surface area contributed by atoms with Gasteiger partial charge in [-0.3, -0.25) is 4.98 Å². The third kappa shape index (κ3) is 3.95. The van der Waals surface area contributed by atoms with E-state index in [0.29, 0.717) is 19.1 Å². The summed E-state index contributed by atoms with van der Waals surface area (Å²) in [7, 11) is 0. The van der Waals surface area contributed by atoms with Crippen molar-refractivity contribution >= 4 is 11.5 Å². The highest BCUT2D eigenvalue weighted by Crippen LogP contribution is 2.33. The summed E-state index contributed by atoms with van der Waals surface area (Å²) >= 11 is 0. The number of aromatic nitrogens is 5. The van der Waals surface area contributed by atoms with Gasteiger partial charge < -0.3 is 14.4 Å². The molecule has 0 amide bonds. The summed E-state index contributed by atoms with van der Waals surface area (Å²) in [6.45, 7) is 2.91. The molecule has 0 aliphatic carbocycles. The maximum Gasteiger partial charge on any atom is 0.228 e. The molecule has 6 rings (SSSR count). The summed E-state index contributed by atoms with van der Waals surface area (Å²) in [5.74, 6) is 2.19. The molecule has 5 heterocycles. The van der Waals surface area contributed by atoms with Gasteiger partial charge in [0.25, 0.3) is 0 Å². The first-order valence-corrected chi connectivity index (χ1v) is 11.2. The number of hydrogen-bond acceptors (Lipinski definition) is 7. The molecule has 1 saturated heterocycles. The SMILES string of the molecule is c1ccc(Oc2ncccc2-c2cc(N3CCOCC3)n3nc(-c4ccncc4)cc3n2)cc1. The fourth-order valence-electron chi connectivity index (χ4n) is 4.05. The van der Waals surface area contributed by atoms with E-state index in [1.54, 1.807) is 18.6 Å². The van der Waals surface area contributed by atoms with E-state index < -0.39 is 0 Å². The van der Waals surface area contributed by atoms with Crippen LogP contribution in [0.2, 0.25) is 0 Å². The minimum Gasteiger partial charge on any atom is -0.438 e. The molecule has 0 saturated carbocycles. The van der Waals surface area contributed by atoms with E-state index in [0.717, 1.165) is 52.8 Å². The van der Waals surface area contributed by atoms with Gasteiger partial charge in [-0.2, -0.15) is 9.61 Å². The highest BCUT2D eigenvalue weighted by molar-refractivity contribution is 5.73. The van der Waals surface area contributed by atoms with E-state index in [1.165, 1.54) is 0 Å². The lowest BCUT2D eigenvalue weighted by atomic mass is 10.1. The van der Waals surface area contributed by atoms with Gasteiger partial charge in [0.05, 0.1) is 30.2 Å². The van der Waals surface area contributed by atoms with Gasteiger partial charge in [-0.05, 0) is 36.4 Å². The summed E-state index contributed by atoms with van der Waals surface area (Å²) in [6, 6.07) is 21.5. The molecule has 8 nitrogen and oxygen atoms in total. The largest absolute Gasteiger partial charge is 0.438 e. The van der Waals surface area contributed by atoms with Crippen LogP contribution >= 0.6 is 0 Å². The molecule has 8 heteroatoms. The normalized spacial score (nSPS) is 13.8. The number of ether oxygens (including phenoxy) is 2. The average Bonchev–Trinajstić information content (AvgIpc) is 3.34. The minimum absolute atomic E-state index is 0.507. The van der Waals surface area contributed by atoms with Gasteiger partial charge in [-0.15, -0.1) is 0 Å². The third-order valence-electron chi connectivity index (χ3n) is 5.72. The van der Waals surface area contributed by atoms with Gasteiger partial charge in [-0.1, -0.05) is 18.2 Å². The van der Waals surface area contributed by atoms with Crippen LogP contribution in [-0.4, -0.2) is 50.9 Å². The van der Waals surface area contributed by atoms with E-state index >= 15 is 0 Å². The van der Waals surface area contributed by atoms with Crippen molar-refractivity contribution in [2.75, 3.05) is 31.2 Å². The maximum absolute atomic E-state index is 6.12. The number of benzene rings is 1. The zero-order valence-corrected chi connectivity index (χ0v) is 18.4. The smallest absolute Gasteiger partial charge is 0.228 e. The highest BCUT2D eigenvalue weighted by Gasteiger charge is 2.20. The van der Waals surface area contributed by atoms with E-state index in [9.17, 15) is 0 Å². The van der Waals surface area contributed by atoms with Crippen LogP contribution in [0.5, 0.6) is 11.6 Å². The first kappa shape index (κ1) is 20.3. The average molecular weight is 451 g/mol. The Bertz CT molecular complexity index is 1420. The zero-order chi connectivity index (χ0) is 22.7. The van der Waals surface area contributed by atoms with Gasteiger partial charge in [0.15, 0.2) is 5.65 Å². The summed E-state index contributed by atoms with van der Waals surface area (Å²) < 4.78 is 13.6. The number of fused-ring (bicyclic) bond motifs is 1. The van der Waals surface area contributed by atoms with Crippen LogP contribution in [0.1, 0.15) is 0 Å². The fourth-order valence-corrected chi connectivity index (χ4v) is 4.05. The lowest BCUT2D eigenvalue weighted by molar-refractivity contribution is 0.122. The second kappa shape index (κ2) is 8.92. The molecule has 168 valence electrons. The zero-order valence-electron chi connectivity index (χ0n) is 18.4.